The zero-order chi connectivity index (χ0) is 13.8. The van der Waals surface area contributed by atoms with E-state index in [0.717, 1.165) is 25.5 Å². The van der Waals surface area contributed by atoms with Crippen LogP contribution in [0, 0.1) is 15.9 Å². The Hall–Kier alpha value is -1.69. The molecular formula is C13H18FN3O2. The van der Waals surface area contributed by atoms with Gasteiger partial charge in [-0.15, -0.1) is 0 Å². The summed E-state index contributed by atoms with van der Waals surface area (Å²) in [5.74, 6) is -0.455. The van der Waals surface area contributed by atoms with Crippen LogP contribution in [-0.4, -0.2) is 31.1 Å². The first-order valence-electron chi connectivity index (χ1n) is 6.46. The summed E-state index contributed by atoms with van der Waals surface area (Å²) in [4.78, 5) is 12.3. The van der Waals surface area contributed by atoms with Gasteiger partial charge in [-0.2, -0.15) is 0 Å². The van der Waals surface area contributed by atoms with Gasteiger partial charge >= 0.3 is 0 Å². The van der Waals surface area contributed by atoms with Crippen molar-refractivity contribution in [3.8, 4) is 0 Å². The second-order valence-electron chi connectivity index (χ2n) is 4.92. The fourth-order valence-electron chi connectivity index (χ4n) is 2.47. The lowest BCUT2D eigenvalue weighted by molar-refractivity contribution is -0.384. The third kappa shape index (κ3) is 3.41. The third-order valence-corrected chi connectivity index (χ3v) is 3.45. The SMILES string of the molecule is CN(CC1CCCCN1)c1cc(F)ccc1[N+](=O)[O-]. The predicted molar refractivity (Wildman–Crippen MR) is 72.0 cm³/mol. The summed E-state index contributed by atoms with van der Waals surface area (Å²) in [5.41, 5.74) is 0.275. The minimum absolute atomic E-state index is 0.0558. The number of nitro benzene ring substituents is 1. The van der Waals surface area contributed by atoms with Crippen LogP contribution in [0.4, 0.5) is 15.8 Å². The molecule has 0 radical (unpaired) electrons. The second-order valence-corrected chi connectivity index (χ2v) is 4.92. The topological polar surface area (TPSA) is 58.4 Å². The van der Waals surface area contributed by atoms with Crippen molar-refractivity contribution >= 4 is 11.4 Å². The van der Waals surface area contributed by atoms with Crippen molar-refractivity contribution in [3.05, 3.63) is 34.1 Å². The molecule has 1 aromatic rings. The molecule has 1 fully saturated rings. The summed E-state index contributed by atoms with van der Waals surface area (Å²) in [7, 11) is 1.76. The molecule has 19 heavy (non-hydrogen) atoms. The lowest BCUT2D eigenvalue weighted by Gasteiger charge is -2.29. The van der Waals surface area contributed by atoms with Gasteiger partial charge in [0.05, 0.1) is 4.92 Å². The van der Waals surface area contributed by atoms with E-state index in [4.69, 9.17) is 0 Å². The maximum atomic E-state index is 13.3. The zero-order valence-corrected chi connectivity index (χ0v) is 10.9. The Kier molecular flexibility index (Phi) is 4.31. The summed E-state index contributed by atoms with van der Waals surface area (Å²) < 4.78 is 13.3. The average Bonchev–Trinajstić information content (AvgIpc) is 2.39. The molecule has 0 aliphatic carbocycles. The highest BCUT2D eigenvalue weighted by Gasteiger charge is 2.21. The zero-order valence-electron chi connectivity index (χ0n) is 10.9. The first-order chi connectivity index (χ1) is 9.08. The monoisotopic (exact) mass is 267 g/mol. The fourth-order valence-corrected chi connectivity index (χ4v) is 2.47. The predicted octanol–water partition coefficient (Wildman–Crippen LogP) is 2.31. The summed E-state index contributed by atoms with van der Waals surface area (Å²) in [6.45, 7) is 1.62. The van der Waals surface area contributed by atoms with Crippen LogP contribution >= 0.6 is 0 Å². The van der Waals surface area contributed by atoms with Gasteiger partial charge < -0.3 is 10.2 Å². The number of anilines is 1. The number of nitrogens with one attached hydrogen (secondary N) is 1. The number of hydrogen-bond acceptors (Lipinski definition) is 4. The van der Waals surface area contributed by atoms with Crippen LogP contribution in [0.5, 0.6) is 0 Å². The number of benzene rings is 1. The number of rotatable bonds is 4. The van der Waals surface area contributed by atoms with Crippen molar-refractivity contribution in [2.75, 3.05) is 25.0 Å². The Morgan fingerprint density at radius 2 is 2.32 bits per heavy atom. The Balaban J connectivity index is 2.14. The van der Waals surface area contributed by atoms with E-state index in [0.29, 0.717) is 18.3 Å². The Morgan fingerprint density at radius 3 is 2.95 bits per heavy atom. The lowest BCUT2D eigenvalue weighted by atomic mass is 10.0. The molecule has 0 saturated carbocycles. The van der Waals surface area contributed by atoms with E-state index in [1.807, 2.05) is 0 Å². The molecule has 1 aliphatic heterocycles. The van der Waals surface area contributed by atoms with Crippen LogP contribution in [0.3, 0.4) is 0 Å². The normalized spacial score (nSPS) is 19.2. The molecule has 1 N–H and O–H groups in total. The Bertz CT molecular complexity index is 461. The van der Waals surface area contributed by atoms with E-state index in [9.17, 15) is 14.5 Å². The minimum Gasteiger partial charge on any atom is -0.367 e. The molecule has 1 saturated heterocycles. The molecule has 0 spiro atoms. The maximum absolute atomic E-state index is 13.3. The van der Waals surface area contributed by atoms with Gasteiger partial charge in [-0.1, -0.05) is 6.42 Å². The molecule has 104 valence electrons. The molecule has 5 nitrogen and oxygen atoms in total. The van der Waals surface area contributed by atoms with Gasteiger partial charge in [-0.25, -0.2) is 4.39 Å². The van der Waals surface area contributed by atoms with E-state index in [2.05, 4.69) is 5.32 Å². The molecule has 1 aromatic carbocycles. The van der Waals surface area contributed by atoms with Gasteiger partial charge in [0.1, 0.15) is 11.5 Å². The first kappa shape index (κ1) is 13.7. The van der Waals surface area contributed by atoms with Gasteiger partial charge in [0.15, 0.2) is 0 Å². The minimum atomic E-state index is -0.473. The van der Waals surface area contributed by atoms with Crippen molar-refractivity contribution in [1.82, 2.24) is 5.32 Å². The van der Waals surface area contributed by atoms with Gasteiger partial charge in [-0.05, 0) is 25.5 Å². The van der Waals surface area contributed by atoms with E-state index >= 15 is 0 Å². The molecule has 1 atom stereocenters. The van der Waals surface area contributed by atoms with Gasteiger partial charge in [-0.3, -0.25) is 10.1 Å². The van der Waals surface area contributed by atoms with Crippen LogP contribution in [0.25, 0.3) is 0 Å². The average molecular weight is 267 g/mol. The molecule has 1 aliphatic rings. The summed E-state index contributed by atoms with van der Waals surface area (Å²) in [6, 6.07) is 3.87. The van der Waals surface area contributed by atoms with Crippen molar-refractivity contribution in [2.45, 2.75) is 25.3 Å². The molecule has 6 heteroatoms. The number of nitro groups is 1. The van der Waals surface area contributed by atoms with Crippen LogP contribution < -0.4 is 10.2 Å². The molecule has 1 heterocycles. The fraction of sp³-hybridized carbons (Fsp3) is 0.538. The molecule has 0 aromatic heterocycles. The van der Waals surface area contributed by atoms with E-state index in [1.165, 1.54) is 18.6 Å². The maximum Gasteiger partial charge on any atom is 0.292 e. The van der Waals surface area contributed by atoms with Crippen molar-refractivity contribution in [2.24, 2.45) is 0 Å². The summed E-state index contributed by atoms with van der Waals surface area (Å²) >= 11 is 0. The van der Waals surface area contributed by atoms with Crippen molar-refractivity contribution < 1.29 is 9.31 Å². The van der Waals surface area contributed by atoms with Crippen LogP contribution in [0.1, 0.15) is 19.3 Å². The highest BCUT2D eigenvalue weighted by Crippen LogP contribution is 2.28. The van der Waals surface area contributed by atoms with Gasteiger partial charge in [0.25, 0.3) is 5.69 Å². The van der Waals surface area contributed by atoms with Gasteiger partial charge in [0.2, 0.25) is 0 Å². The Labute approximate surface area is 111 Å². The molecular weight excluding hydrogens is 249 g/mol. The molecule has 0 amide bonds. The van der Waals surface area contributed by atoms with Crippen LogP contribution in [0.15, 0.2) is 18.2 Å². The highest BCUT2D eigenvalue weighted by molar-refractivity contribution is 5.63. The quantitative estimate of drug-likeness (QED) is 0.672. The Morgan fingerprint density at radius 1 is 1.53 bits per heavy atom. The number of hydrogen-bond donors (Lipinski definition) is 1. The molecule has 1 unspecified atom stereocenters. The van der Waals surface area contributed by atoms with Crippen LogP contribution in [0.2, 0.25) is 0 Å². The summed E-state index contributed by atoms with van der Waals surface area (Å²) in [6.07, 6.45) is 3.38. The van der Waals surface area contributed by atoms with Crippen molar-refractivity contribution in [1.29, 1.82) is 0 Å². The smallest absolute Gasteiger partial charge is 0.292 e. The second kappa shape index (κ2) is 5.97. The third-order valence-electron chi connectivity index (χ3n) is 3.45. The van der Waals surface area contributed by atoms with E-state index < -0.39 is 10.7 Å². The number of halogens is 1. The van der Waals surface area contributed by atoms with E-state index in [1.54, 1.807) is 11.9 Å². The van der Waals surface area contributed by atoms with Gasteiger partial charge in [0, 0.05) is 31.8 Å². The highest BCUT2D eigenvalue weighted by atomic mass is 19.1. The first-order valence-corrected chi connectivity index (χ1v) is 6.46. The van der Waals surface area contributed by atoms with E-state index in [-0.39, 0.29) is 5.69 Å². The standard InChI is InChI=1S/C13H18FN3O2/c1-16(9-11-4-2-3-7-15-11)13-8-10(14)5-6-12(13)17(18)19/h5-6,8,11,15H,2-4,7,9H2,1H3. The number of nitrogens with zero attached hydrogens (tertiary/aromatic N) is 2. The number of likely N-dealkylation sites (N-methyl/N-ethyl adjacent to an activating group) is 1. The van der Waals surface area contributed by atoms with Crippen LogP contribution in [-0.2, 0) is 0 Å². The lowest BCUT2D eigenvalue weighted by Crippen LogP contribution is -2.42. The summed E-state index contributed by atoms with van der Waals surface area (Å²) in [5, 5.41) is 14.3. The van der Waals surface area contributed by atoms with Crippen molar-refractivity contribution in [3.63, 3.8) is 0 Å². The largest absolute Gasteiger partial charge is 0.367 e. The molecule has 2 rings (SSSR count). The molecule has 0 bridgehead atoms. The number of piperidine rings is 1.